The summed E-state index contributed by atoms with van der Waals surface area (Å²) in [5, 5.41) is 5.77. The zero-order valence-electron chi connectivity index (χ0n) is 14.9. The summed E-state index contributed by atoms with van der Waals surface area (Å²) in [5.74, 6) is -0.589. The van der Waals surface area contributed by atoms with E-state index in [4.69, 9.17) is 4.74 Å². The average Bonchev–Trinajstić information content (AvgIpc) is 3.15. The Hall–Kier alpha value is -2.45. The molecule has 0 saturated carbocycles. The molecule has 6 nitrogen and oxygen atoms in total. The van der Waals surface area contributed by atoms with Crippen LogP contribution in [0, 0.1) is 11.7 Å². The average molecular weight is 392 g/mol. The fourth-order valence-electron chi connectivity index (χ4n) is 3.05. The molecule has 0 radical (unpaired) electrons. The molecule has 2 N–H and O–H groups in total. The highest BCUT2D eigenvalue weighted by Crippen LogP contribution is 2.26. The molecule has 3 rings (SSSR count). The van der Waals surface area contributed by atoms with Gasteiger partial charge in [0.1, 0.15) is 11.6 Å². The minimum atomic E-state index is -3.53. The Labute approximate surface area is 157 Å². The maximum atomic E-state index is 13.0. The molecule has 1 aliphatic heterocycles. The number of sulfone groups is 1. The number of anilines is 1. The van der Waals surface area contributed by atoms with Crippen molar-refractivity contribution in [3.8, 4) is 5.75 Å². The third-order valence-electron chi connectivity index (χ3n) is 4.49. The van der Waals surface area contributed by atoms with E-state index in [2.05, 4.69) is 10.6 Å². The molecule has 2 aromatic carbocycles. The standard InChI is InChI=1S/C19H21FN2O4S/c1-26-18-7-6-16(27(24,25)12-13-8-9-21-11-13)10-17(18)19(23)22-15-4-2-14(20)3-5-15/h2-7,10,13,21H,8-9,11-12H2,1H3,(H,22,23)/t13-/m0/s1. The largest absolute Gasteiger partial charge is 0.496 e. The first-order valence-electron chi connectivity index (χ1n) is 8.57. The number of nitrogens with one attached hydrogen (secondary N) is 2. The molecule has 0 aromatic heterocycles. The van der Waals surface area contributed by atoms with E-state index in [0.717, 1.165) is 13.0 Å². The Bertz CT molecular complexity index is 923. The van der Waals surface area contributed by atoms with Crippen LogP contribution >= 0.6 is 0 Å². The van der Waals surface area contributed by atoms with E-state index < -0.39 is 21.6 Å². The van der Waals surface area contributed by atoms with Crippen LogP contribution in [0.3, 0.4) is 0 Å². The van der Waals surface area contributed by atoms with Crippen LogP contribution in [0.25, 0.3) is 0 Å². The van der Waals surface area contributed by atoms with Gasteiger partial charge in [0.2, 0.25) is 0 Å². The fourth-order valence-corrected chi connectivity index (χ4v) is 4.72. The van der Waals surface area contributed by atoms with E-state index in [1.807, 2.05) is 0 Å². The van der Waals surface area contributed by atoms with Gasteiger partial charge in [-0.05, 0) is 67.9 Å². The van der Waals surface area contributed by atoms with Crippen molar-refractivity contribution in [1.82, 2.24) is 5.32 Å². The van der Waals surface area contributed by atoms with Gasteiger partial charge in [0.05, 0.1) is 23.3 Å². The van der Waals surface area contributed by atoms with Crippen molar-refractivity contribution in [1.29, 1.82) is 0 Å². The summed E-state index contributed by atoms with van der Waals surface area (Å²) in [6, 6.07) is 9.55. The highest BCUT2D eigenvalue weighted by Gasteiger charge is 2.25. The van der Waals surface area contributed by atoms with Gasteiger partial charge in [-0.15, -0.1) is 0 Å². The number of carbonyl (C=O) groups is 1. The Morgan fingerprint density at radius 2 is 2.00 bits per heavy atom. The van der Waals surface area contributed by atoms with Gasteiger partial charge in [-0.3, -0.25) is 4.79 Å². The van der Waals surface area contributed by atoms with Crippen LogP contribution < -0.4 is 15.4 Å². The van der Waals surface area contributed by atoms with Crippen LogP contribution in [-0.4, -0.2) is 40.3 Å². The number of amides is 1. The first-order valence-corrected chi connectivity index (χ1v) is 10.2. The second kappa shape index (κ2) is 8.06. The minimum absolute atomic E-state index is 0.0331. The Kier molecular flexibility index (Phi) is 5.76. The molecule has 0 spiro atoms. The monoisotopic (exact) mass is 392 g/mol. The summed E-state index contributed by atoms with van der Waals surface area (Å²) in [6.07, 6.45) is 0.813. The zero-order valence-corrected chi connectivity index (χ0v) is 15.7. The zero-order chi connectivity index (χ0) is 19.4. The second-order valence-corrected chi connectivity index (χ2v) is 8.50. The van der Waals surface area contributed by atoms with Gasteiger partial charge in [-0.2, -0.15) is 0 Å². The molecule has 1 amide bonds. The topological polar surface area (TPSA) is 84.5 Å². The third-order valence-corrected chi connectivity index (χ3v) is 6.38. The van der Waals surface area contributed by atoms with E-state index in [1.165, 1.54) is 49.6 Å². The second-order valence-electron chi connectivity index (χ2n) is 6.46. The third kappa shape index (κ3) is 4.64. The number of ether oxygens (including phenoxy) is 1. The number of methoxy groups -OCH3 is 1. The summed E-state index contributed by atoms with van der Waals surface area (Å²) in [7, 11) is -2.12. The van der Waals surface area contributed by atoms with Crippen LogP contribution in [0.5, 0.6) is 5.75 Å². The molecule has 0 unspecified atom stereocenters. The van der Waals surface area contributed by atoms with E-state index >= 15 is 0 Å². The molecular weight excluding hydrogens is 371 g/mol. The van der Waals surface area contributed by atoms with Crippen LogP contribution in [0.2, 0.25) is 0 Å². The summed E-state index contributed by atoms with van der Waals surface area (Å²) in [6.45, 7) is 1.49. The highest BCUT2D eigenvalue weighted by atomic mass is 32.2. The maximum absolute atomic E-state index is 13.0. The van der Waals surface area contributed by atoms with Crippen molar-refractivity contribution in [3.05, 3.63) is 53.8 Å². The van der Waals surface area contributed by atoms with Gasteiger partial charge in [-0.1, -0.05) is 0 Å². The molecule has 1 heterocycles. The maximum Gasteiger partial charge on any atom is 0.259 e. The van der Waals surface area contributed by atoms with Crippen LogP contribution in [0.15, 0.2) is 47.4 Å². The van der Waals surface area contributed by atoms with Crippen molar-refractivity contribution in [2.24, 2.45) is 5.92 Å². The number of halogens is 1. The summed E-state index contributed by atoms with van der Waals surface area (Å²) < 4.78 is 43.6. The quantitative estimate of drug-likeness (QED) is 0.789. The van der Waals surface area contributed by atoms with E-state index in [0.29, 0.717) is 12.2 Å². The SMILES string of the molecule is COc1ccc(S(=O)(=O)C[C@H]2CCNC2)cc1C(=O)Nc1ccc(F)cc1. The summed E-state index contributed by atoms with van der Waals surface area (Å²) >= 11 is 0. The van der Waals surface area contributed by atoms with Crippen molar-refractivity contribution in [2.45, 2.75) is 11.3 Å². The predicted molar refractivity (Wildman–Crippen MR) is 100 cm³/mol. The molecule has 144 valence electrons. The van der Waals surface area contributed by atoms with Gasteiger partial charge in [0.25, 0.3) is 5.91 Å². The summed E-state index contributed by atoms with van der Waals surface area (Å²) in [4.78, 5) is 12.7. The molecule has 2 aromatic rings. The smallest absolute Gasteiger partial charge is 0.259 e. The highest BCUT2D eigenvalue weighted by molar-refractivity contribution is 7.91. The normalized spacial score (nSPS) is 16.9. The molecule has 1 saturated heterocycles. The first-order chi connectivity index (χ1) is 12.9. The number of rotatable bonds is 6. The van der Waals surface area contributed by atoms with Crippen molar-refractivity contribution in [2.75, 3.05) is 31.3 Å². The number of hydrogen-bond acceptors (Lipinski definition) is 5. The molecule has 1 aliphatic rings. The van der Waals surface area contributed by atoms with Crippen LogP contribution in [-0.2, 0) is 9.84 Å². The van der Waals surface area contributed by atoms with Gasteiger partial charge in [0, 0.05) is 5.69 Å². The molecule has 1 fully saturated rings. The lowest BCUT2D eigenvalue weighted by atomic mass is 10.1. The van der Waals surface area contributed by atoms with E-state index in [1.54, 1.807) is 0 Å². The number of carbonyl (C=O) groups excluding carboxylic acids is 1. The predicted octanol–water partition coefficient (Wildman–Crippen LogP) is 2.47. The van der Waals surface area contributed by atoms with Gasteiger partial charge in [-0.25, -0.2) is 12.8 Å². The molecule has 0 aliphatic carbocycles. The Morgan fingerprint density at radius 3 is 2.63 bits per heavy atom. The van der Waals surface area contributed by atoms with Gasteiger partial charge >= 0.3 is 0 Å². The lowest BCUT2D eigenvalue weighted by Gasteiger charge is -2.13. The Morgan fingerprint density at radius 1 is 1.26 bits per heavy atom. The Balaban J connectivity index is 1.86. The number of benzene rings is 2. The van der Waals surface area contributed by atoms with Gasteiger partial charge < -0.3 is 15.4 Å². The fraction of sp³-hybridized carbons (Fsp3) is 0.316. The lowest BCUT2D eigenvalue weighted by molar-refractivity contribution is 0.102. The first kappa shape index (κ1) is 19.3. The van der Waals surface area contributed by atoms with Crippen molar-refractivity contribution < 1.29 is 22.3 Å². The molecular formula is C19H21FN2O4S. The van der Waals surface area contributed by atoms with Crippen molar-refractivity contribution >= 4 is 21.4 Å². The summed E-state index contributed by atoms with van der Waals surface area (Å²) in [5.41, 5.74) is 0.501. The van der Waals surface area contributed by atoms with Crippen molar-refractivity contribution in [3.63, 3.8) is 0 Å². The van der Waals surface area contributed by atoms with Gasteiger partial charge in [0.15, 0.2) is 9.84 Å². The minimum Gasteiger partial charge on any atom is -0.496 e. The molecule has 1 atom stereocenters. The molecule has 0 bridgehead atoms. The lowest BCUT2D eigenvalue weighted by Crippen LogP contribution is -2.20. The van der Waals surface area contributed by atoms with Crippen LogP contribution in [0.4, 0.5) is 10.1 Å². The van der Waals surface area contributed by atoms with E-state index in [-0.39, 0.29) is 27.9 Å². The molecule has 8 heteroatoms. The van der Waals surface area contributed by atoms with E-state index in [9.17, 15) is 17.6 Å². The molecule has 27 heavy (non-hydrogen) atoms. The number of hydrogen-bond donors (Lipinski definition) is 2. The van der Waals surface area contributed by atoms with Crippen LogP contribution in [0.1, 0.15) is 16.8 Å².